The van der Waals surface area contributed by atoms with Crippen molar-refractivity contribution in [2.75, 3.05) is 18.4 Å². The number of carbonyl (C=O) groups is 1. The van der Waals surface area contributed by atoms with Crippen molar-refractivity contribution in [1.29, 1.82) is 0 Å². The van der Waals surface area contributed by atoms with Crippen LogP contribution in [0.4, 0.5) is 5.82 Å². The van der Waals surface area contributed by atoms with Crippen molar-refractivity contribution >= 4 is 54.1 Å². The van der Waals surface area contributed by atoms with E-state index in [0.29, 0.717) is 35.1 Å². The molecular weight excluding hydrogens is 470 g/mol. The third kappa shape index (κ3) is 5.68. The molecule has 0 aliphatic heterocycles. The van der Waals surface area contributed by atoms with Crippen molar-refractivity contribution in [3.8, 4) is 5.75 Å². The number of nitrogens with zero attached hydrogens (tertiary/aromatic N) is 2. The Labute approximate surface area is 183 Å². The zero-order valence-corrected chi connectivity index (χ0v) is 18.8. The predicted molar refractivity (Wildman–Crippen MR) is 123 cm³/mol. The Bertz CT molecular complexity index is 1180. The fourth-order valence-electron chi connectivity index (χ4n) is 2.74. The van der Waals surface area contributed by atoms with Gasteiger partial charge in [0.2, 0.25) is 5.91 Å². The van der Waals surface area contributed by atoms with Gasteiger partial charge in [-0.25, -0.2) is 14.2 Å². The average molecular weight is 492 g/mol. The third-order valence-electron chi connectivity index (χ3n) is 4.17. The number of aromatic nitrogens is 2. The molecule has 8 nitrogen and oxygen atoms in total. The summed E-state index contributed by atoms with van der Waals surface area (Å²) in [6.07, 6.45) is 1.47. The van der Waals surface area contributed by atoms with E-state index in [1.807, 2.05) is 18.2 Å². The SMILES string of the molecule is C=S(N)(=O)c1cccc(COc2cc3ncnc(NCCNC(C)=O)c3cc2Br)c1. The second-order valence-electron chi connectivity index (χ2n) is 6.59. The minimum absolute atomic E-state index is 0.0802. The molecule has 3 aromatic rings. The molecule has 1 atom stereocenters. The number of amides is 1. The van der Waals surface area contributed by atoms with Gasteiger partial charge in [-0.2, -0.15) is 0 Å². The molecule has 1 amide bonds. The fraction of sp³-hybridized carbons (Fsp3) is 0.200. The summed E-state index contributed by atoms with van der Waals surface area (Å²) < 4.78 is 18.6. The minimum atomic E-state index is -2.78. The smallest absolute Gasteiger partial charge is 0.216 e. The Morgan fingerprint density at radius 1 is 1.27 bits per heavy atom. The maximum Gasteiger partial charge on any atom is 0.216 e. The summed E-state index contributed by atoms with van der Waals surface area (Å²) in [5.41, 5.74) is 1.53. The van der Waals surface area contributed by atoms with Gasteiger partial charge in [0.1, 0.15) is 24.5 Å². The molecule has 0 bridgehead atoms. The number of hydrogen-bond acceptors (Lipinski definition) is 6. The number of carbonyl (C=O) groups excluding carboxylic acids is 1. The van der Waals surface area contributed by atoms with Crippen LogP contribution in [0.2, 0.25) is 0 Å². The van der Waals surface area contributed by atoms with E-state index < -0.39 is 9.71 Å². The van der Waals surface area contributed by atoms with Gasteiger partial charge in [-0.05, 0) is 45.6 Å². The summed E-state index contributed by atoms with van der Waals surface area (Å²) in [5.74, 6) is 4.70. The molecule has 0 aliphatic carbocycles. The van der Waals surface area contributed by atoms with Gasteiger partial charge in [-0.15, -0.1) is 0 Å². The summed E-state index contributed by atoms with van der Waals surface area (Å²) in [6.45, 7) is 2.77. The van der Waals surface area contributed by atoms with Crippen LogP contribution in [0.1, 0.15) is 12.5 Å². The van der Waals surface area contributed by atoms with E-state index in [1.54, 1.807) is 18.2 Å². The van der Waals surface area contributed by atoms with Crippen LogP contribution in [-0.4, -0.2) is 39.0 Å². The quantitative estimate of drug-likeness (QED) is 0.328. The number of nitrogens with one attached hydrogen (secondary N) is 2. The van der Waals surface area contributed by atoms with Crippen molar-refractivity contribution in [2.45, 2.75) is 18.4 Å². The fourth-order valence-corrected chi connectivity index (χ4v) is 3.86. The van der Waals surface area contributed by atoms with Crippen molar-refractivity contribution in [3.63, 3.8) is 0 Å². The first-order chi connectivity index (χ1) is 14.2. The maximum absolute atomic E-state index is 12.0. The number of nitrogens with two attached hydrogens (primary N) is 1. The molecule has 1 unspecified atom stereocenters. The standard InChI is InChI=1S/C20H22BrN5O3S/c1-13(27)23-6-7-24-20-16-9-17(21)19(10-18(16)25-12-26-20)29-11-14-4-3-5-15(8-14)30(2,22)28/h3-5,8-10,12H,2,6-7,11H2,1H3,(H2,22,28)(H,23,27)(H,24,25,26). The number of ether oxygens (including phenoxy) is 1. The summed E-state index contributed by atoms with van der Waals surface area (Å²) in [5, 5.41) is 12.4. The third-order valence-corrected chi connectivity index (χ3v) is 5.84. The van der Waals surface area contributed by atoms with Crippen molar-refractivity contribution in [3.05, 3.63) is 52.8 Å². The van der Waals surface area contributed by atoms with Crippen LogP contribution in [0.25, 0.3) is 10.9 Å². The normalized spacial score (nSPS) is 12.9. The summed E-state index contributed by atoms with van der Waals surface area (Å²) in [4.78, 5) is 20.0. The lowest BCUT2D eigenvalue weighted by molar-refractivity contribution is -0.118. The number of anilines is 1. The van der Waals surface area contributed by atoms with Crippen LogP contribution in [0.15, 0.2) is 52.1 Å². The van der Waals surface area contributed by atoms with Gasteiger partial charge in [0.25, 0.3) is 0 Å². The molecule has 4 N–H and O–H groups in total. The molecule has 10 heteroatoms. The average Bonchev–Trinajstić information content (AvgIpc) is 2.69. The zero-order chi connectivity index (χ0) is 21.7. The maximum atomic E-state index is 12.0. The Morgan fingerprint density at radius 3 is 2.80 bits per heavy atom. The number of hydrogen-bond donors (Lipinski definition) is 3. The van der Waals surface area contributed by atoms with Gasteiger partial charge in [0.15, 0.2) is 0 Å². The van der Waals surface area contributed by atoms with Crippen LogP contribution < -0.4 is 20.5 Å². The molecule has 0 fully saturated rings. The molecule has 0 radical (unpaired) electrons. The van der Waals surface area contributed by atoms with E-state index in [0.717, 1.165) is 15.4 Å². The number of fused-ring (bicyclic) bond motifs is 1. The van der Waals surface area contributed by atoms with E-state index in [-0.39, 0.29) is 12.5 Å². The summed E-state index contributed by atoms with van der Waals surface area (Å²) in [7, 11) is -2.78. The van der Waals surface area contributed by atoms with Gasteiger partial charge >= 0.3 is 0 Å². The molecule has 2 aromatic carbocycles. The molecule has 3 rings (SSSR count). The second-order valence-corrected chi connectivity index (χ2v) is 9.37. The molecule has 0 aliphatic rings. The lowest BCUT2D eigenvalue weighted by Gasteiger charge is -2.13. The highest BCUT2D eigenvalue weighted by molar-refractivity contribution is 9.10. The molecule has 1 aromatic heterocycles. The van der Waals surface area contributed by atoms with E-state index in [4.69, 9.17) is 9.88 Å². The van der Waals surface area contributed by atoms with Gasteiger partial charge in [0.05, 0.1) is 19.7 Å². The Balaban J connectivity index is 1.76. The number of rotatable bonds is 8. The highest BCUT2D eigenvalue weighted by Gasteiger charge is 2.10. The lowest BCUT2D eigenvalue weighted by atomic mass is 10.2. The number of halogens is 1. The summed E-state index contributed by atoms with van der Waals surface area (Å²) in [6, 6.07) is 10.7. The van der Waals surface area contributed by atoms with Crippen LogP contribution in [-0.2, 0) is 21.1 Å². The summed E-state index contributed by atoms with van der Waals surface area (Å²) >= 11 is 3.53. The Morgan fingerprint density at radius 2 is 2.07 bits per heavy atom. The van der Waals surface area contributed by atoms with Crippen molar-refractivity contribution in [2.24, 2.45) is 5.14 Å². The lowest BCUT2D eigenvalue weighted by Crippen LogP contribution is -2.26. The van der Waals surface area contributed by atoms with Gasteiger partial charge in [-0.3, -0.25) is 9.93 Å². The molecule has 158 valence electrons. The Kier molecular flexibility index (Phi) is 6.91. The number of benzene rings is 2. The van der Waals surface area contributed by atoms with Gasteiger partial charge < -0.3 is 15.4 Å². The molecule has 1 heterocycles. The van der Waals surface area contributed by atoms with Crippen molar-refractivity contribution in [1.82, 2.24) is 15.3 Å². The van der Waals surface area contributed by atoms with E-state index in [2.05, 4.69) is 42.4 Å². The first kappa shape index (κ1) is 22.0. The molecular formula is C20H22BrN5O3S. The van der Waals surface area contributed by atoms with Crippen LogP contribution >= 0.6 is 15.9 Å². The van der Waals surface area contributed by atoms with Crippen LogP contribution in [0.3, 0.4) is 0 Å². The Hall–Kier alpha value is -2.69. The van der Waals surface area contributed by atoms with Gasteiger partial charge in [-0.1, -0.05) is 12.1 Å². The highest BCUT2D eigenvalue weighted by Crippen LogP contribution is 2.32. The zero-order valence-electron chi connectivity index (χ0n) is 16.4. The van der Waals surface area contributed by atoms with E-state index >= 15 is 0 Å². The van der Waals surface area contributed by atoms with Gasteiger partial charge in [0, 0.05) is 36.4 Å². The molecule has 0 saturated carbocycles. The van der Waals surface area contributed by atoms with Crippen LogP contribution in [0.5, 0.6) is 5.75 Å². The minimum Gasteiger partial charge on any atom is -0.488 e. The first-order valence-corrected chi connectivity index (χ1v) is 11.6. The highest BCUT2D eigenvalue weighted by atomic mass is 79.9. The van der Waals surface area contributed by atoms with Crippen molar-refractivity contribution < 1.29 is 13.7 Å². The van der Waals surface area contributed by atoms with Crippen LogP contribution in [0, 0.1) is 0 Å². The largest absolute Gasteiger partial charge is 0.488 e. The van der Waals surface area contributed by atoms with E-state index in [9.17, 15) is 9.00 Å². The topological polar surface area (TPSA) is 119 Å². The first-order valence-electron chi connectivity index (χ1n) is 9.03. The monoisotopic (exact) mass is 491 g/mol. The predicted octanol–water partition coefficient (Wildman–Crippen LogP) is 2.47. The molecule has 30 heavy (non-hydrogen) atoms. The van der Waals surface area contributed by atoms with E-state index in [1.165, 1.54) is 13.3 Å². The second kappa shape index (κ2) is 9.41. The molecule has 0 spiro atoms. The molecule has 0 saturated heterocycles.